The first-order chi connectivity index (χ1) is 10.3. The van der Waals surface area contributed by atoms with Crippen molar-refractivity contribution in [3.63, 3.8) is 0 Å². The zero-order chi connectivity index (χ0) is 14.7. The lowest BCUT2D eigenvalue weighted by Crippen LogP contribution is -2.23. The van der Waals surface area contributed by atoms with E-state index >= 15 is 0 Å². The number of aromatic nitrogens is 1. The van der Waals surface area contributed by atoms with Crippen molar-refractivity contribution in [3.05, 3.63) is 65.7 Å². The molecule has 1 N–H and O–H groups in total. The van der Waals surface area contributed by atoms with Crippen molar-refractivity contribution < 1.29 is 4.42 Å². The van der Waals surface area contributed by atoms with Crippen molar-refractivity contribution in [1.29, 1.82) is 0 Å². The van der Waals surface area contributed by atoms with Crippen LogP contribution >= 0.6 is 0 Å². The second-order valence-electron chi connectivity index (χ2n) is 5.28. The SMILES string of the molecule is CCCNC(c1cccc(C)n1)c1cc2ccccc2o1. The van der Waals surface area contributed by atoms with Crippen molar-refractivity contribution in [2.75, 3.05) is 6.54 Å². The molecule has 2 aromatic heterocycles. The van der Waals surface area contributed by atoms with E-state index in [1.54, 1.807) is 0 Å². The number of aryl methyl sites for hydroxylation is 1. The van der Waals surface area contributed by atoms with E-state index in [0.29, 0.717) is 0 Å². The number of hydrogen-bond acceptors (Lipinski definition) is 3. The molecule has 3 nitrogen and oxygen atoms in total. The predicted molar refractivity (Wildman–Crippen MR) is 85.3 cm³/mol. The molecule has 1 atom stereocenters. The standard InChI is InChI=1S/C18H20N2O/c1-3-11-19-18(15-9-6-7-13(2)20-15)17-12-14-8-4-5-10-16(14)21-17/h4-10,12,18-19H,3,11H2,1-2H3. The molecule has 3 aromatic rings. The van der Waals surface area contributed by atoms with Crippen LogP contribution in [0.25, 0.3) is 11.0 Å². The molecule has 0 spiro atoms. The van der Waals surface area contributed by atoms with Crippen LogP contribution in [0.3, 0.4) is 0 Å². The molecule has 0 radical (unpaired) electrons. The first-order valence-corrected chi connectivity index (χ1v) is 7.43. The van der Waals surface area contributed by atoms with Crippen molar-refractivity contribution in [2.45, 2.75) is 26.3 Å². The van der Waals surface area contributed by atoms with Gasteiger partial charge in [0.1, 0.15) is 17.4 Å². The Labute approximate surface area is 125 Å². The molecule has 2 heterocycles. The summed E-state index contributed by atoms with van der Waals surface area (Å²) in [5.41, 5.74) is 2.94. The average Bonchev–Trinajstić information content (AvgIpc) is 2.91. The quantitative estimate of drug-likeness (QED) is 0.760. The highest BCUT2D eigenvalue weighted by Crippen LogP contribution is 2.27. The molecule has 108 valence electrons. The maximum Gasteiger partial charge on any atom is 0.134 e. The molecule has 0 bridgehead atoms. The lowest BCUT2D eigenvalue weighted by molar-refractivity contribution is 0.463. The second kappa shape index (κ2) is 6.10. The fraction of sp³-hybridized carbons (Fsp3) is 0.278. The van der Waals surface area contributed by atoms with Crippen molar-refractivity contribution >= 4 is 11.0 Å². The van der Waals surface area contributed by atoms with Gasteiger partial charge in [0.05, 0.1) is 5.69 Å². The Kier molecular flexibility index (Phi) is 4.02. The van der Waals surface area contributed by atoms with Gasteiger partial charge >= 0.3 is 0 Å². The van der Waals surface area contributed by atoms with Crippen LogP contribution in [0.4, 0.5) is 0 Å². The first-order valence-electron chi connectivity index (χ1n) is 7.43. The Balaban J connectivity index is 2.02. The number of para-hydroxylation sites is 1. The molecule has 0 aliphatic rings. The van der Waals surface area contributed by atoms with Crippen LogP contribution in [0.5, 0.6) is 0 Å². The minimum Gasteiger partial charge on any atom is -0.459 e. The third-order valence-electron chi connectivity index (χ3n) is 3.53. The van der Waals surface area contributed by atoms with Gasteiger partial charge < -0.3 is 9.73 Å². The minimum absolute atomic E-state index is 0.00255. The summed E-state index contributed by atoms with van der Waals surface area (Å²) in [5, 5.41) is 4.66. The van der Waals surface area contributed by atoms with E-state index in [1.165, 1.54) is 0 Å². The van der Waals surface area contributed by atoms with E-state index in [0.717, 1.165) is 41.1 Å². The van der Waals surface area contributed by atoms with Crippen LogP contribution in [0.1, 0.15) is 36.5 Å². The molecule has 0 aliphatic carbocycles. The highest BCUT2D eigenvalue weighted by Gasteiger charge is 2.19. The summed E-state index contributed by atoms with van der Waals surface area (Å²) in [6.45, 7) is 5.10. The van der Waals surface area contributed by atoms with Gasteiger partial charge in [-0.25, -0.2) is 0 Å². The number of furan rings is 1. The zero-order valence-corrected chi connectivity index (χ0v) is 12.5. The van der Waals surface area contributed by atoms with E-state index in [-0.39, 0.29) is 6.04 Å². The number of pyridine rings is 1. The molecule has 21 heavy (non-hydrogen) atoms. The summed E-state index contributed by atoms with van der Waals surface area (Å²) in [5.74, 6) is 0.919. The number of benzene rings is 1. The number of nitrogens with zero attached hydrogens (tertiary/aromatic N) is 1. The smallest absolute Gasteiger partial charge is 0.134 e. The fourth-order valence-electron chi connectivity index (χ4n) is 2.51. The van der Waals surface area contributed by atoms with E-state index in [1.807, 2.05) is 43.3 Å². The number of fused-ring (bicyclic) bond motifs is 1. The number of hydrogen-bond donors (Lipinski definition) is 1. The summed E-state index contributed by atoms with van der Waals surface area (Å²) < 4.78 is 6.02. The summed E-state index contributed by atoms with van der Waals surface area (Å²) >= 11 is 0. The van der Waals surface area contributed by atoms with Gasteiger partial charge in [-0.1, -0.05) is 31.2 Å². The Morgan fingerprint density at radius 1 is 1.14 bits per heavy atom. The molecular formula is C18H20N2O. The normalized spacial score (nSPS) is 12.7. The van der Waals surface area contributed by atoms with E-state index in [4.69, 9.17) is 4.42 Å². The molecule has 3 rings (SSSR count). The predicted octanol–water partition coefficient (Wildman–Crippen LogP) is 4.23. The molecule has 0 amide bonds. The van der Waals surface area contributed by atoms with Crippen LogP contribution in [0, 0.1) is 6.92 Å². The van der Waals surface area contributed by atoms with Crippen LogP contribution < -0.4 is 5.32 Å². The fourth-order valence-corrected chi connectivity index (χ4v) is 2.51. The molecule has 0 fully saturated rings. The minimum atomic E-state index is -0.00255. The van der Waals surface area contributed by atoms with Gasteiger partial charge in [-0.2, -0.15) is 0 Å². The summed E-state index contributed by atoms with van der Waals surface area (Å²) in [6.07, 6.45) is 1.07. The maximum atomic E-state index is 6.02. The van der Waals surface area contributed by atoms with Gasteiger partial charge in [-0.05, 0) is 44.2 Å². The number of rotatable bonds is 5. The molecule has 0 aliphatic heterocycles. The third kappa shape index (κ3) is 2.98. The third-order valence-corrected chi connectivity index (χ3v) is 3.53. The lowest BCUT2D eigenvalue weighted by atomic mass is 10.1. The van der Waals surface area contributed by atoms with Gasteiger partial charge in [0, 0.05) is 11.1 Å². The van der Waals surface area contributed by atoms with Gasteiger partial charge in [-0.15, -0.1) is 0 Å². The van der Waals surface area contributed by atoms with Gasteiger partial charge in [0.25, 0.3) is 0 Å². The molecule has 1 unspecified atom stereocenters. The highest BCUT2D eigenvalue weighted by atomic mass is 16.3. The monoisotopic (exact) mass is 280 g/mol. The zero-order valence-electron chi connectivity index (χ0n) is 12.5. The summed E-state index contributed by atoms with van der Waals surface area (Å²) in [4.78, 5) is 4.65. The van der Waals surface area contributed by atoms with Crippen molar-refractivity contribution in [1.82, 2.24) is 10.3 Å². The average molecular weight is 280 g/mol. The van der Waals surface area contributed by atoms with Gasteiger partial charge in [0.2, 0.25) is 0 Å². The lowest BCUT2D eigenvalue weighted by Gasteiger charge is -2.16. The van der Waals surface area contributed by atoms with Crippen molar-refractivity contribution in [2.24, 2.45) is 0 Å². The number of nitrogens with one attached hydrogen (secondary N) is 1. The molecule has 3 heteroatoms. The van der Waals surface area contributed by atoms with Crippen LogP contribution in [0.15, 0.2) is 52.9 Å². The summed E-state index contributed by atoms with van der Waals surface area (Å²) in [7, 11) is 0. The molecular weight excluding hydrogens is 260 g/mol. The van der Waals surface area contributed by atoms with Crippen LogP contribution in [-0.4, -0.2) is 11.5 Å². The Morgan fingerprint density at radius 2 is 2.00 bits per heavy atom. The van der Waals surface area contributed by atoms with Crippen LogP contribution in [-0.2, 0) is 0 Å². The van der Waals surface area contributed by atoms with Crippen LogP contribution in [0.2, 0.25) is 0 Å². The Bertz CT molecular complexity index is 700. The van der Waals surface area contributed by atoms with Gasteiger partial charge in [-0.3, -0.25) is 4.98 Å². The molecule has 0 saturated carbocycles. The second-order valence-corrected chi connectivity index (χ2v) is 5.28. The van der Waals surface area contributed by atoms with Gasteiger partial charge in [0.15, 0.2) is 0 Å². The maximum absolute atomic E-state index is 6.02. The Morgan fingerprint density at radius 3 is 2.76 bits per heavy atom. The molecule has 1 aromatic carbocycles. The molecule has 0 saturated heterocycles. The van der Waals surface area contributed by atoms with E-state index < -0.39 is 0 Å². The largest absolute Gasteiger partial charge is 0.459 e. The first kappa shape index (κ1) is 13.8. The topological polar surface area (TPSA) is 38.1 Å². The van der Waals surface area contributed by atoms with E-state index in [2.05, 4.69) is 29.4 Å². The highest BCUT2D eigenvalue weighted by molar-refractivity contribution is 5.77. The summed E-state index contributed by atoms with van der Waals surface area (Å²) in [6, 6.07) is 16.3. The Hall–Kier alpha value is -2.13. The van der Waals surface area contributed by atoms with E-state index in [9.17, 15) is 0 Å². The van der Waals surface area contributed by atoms with Crippen molar-refractivity contribution in [3.8, 4) is 0 Å².